The monoisotopic (exact) mass is 277 g/mol. The minimum absolute atomic E-state index is 0.0835. The Morgan fingerprint density at radius 3 is 2.85 bits per heavy atom. The number of fused-ring (bicyclic) bond motifs is 1. The summed E-state index contributed by atoms with van der Waals surface area (Å²) in [6.45, 7) is 2.00. The first-order valence-electron chi connectivity index (χ1n) is 6.98. The van der Waals surface area contributed by atoms with Crippen molar-refractivity contribution in [3.8, 4) is 11.5 Å². The van der Waals surface area contributed by atoms with Gasteiger partial charge in [-0.15, -0.1) is 0 Å². The number of ketones is 1. The first kappa shape index (κ1) is 13.4. The van der Waals surface area contributed by atoms with Gasteiger partial charge in [-0.2, -0.15) is 0 Å². The van der Waals surface area contributed by atoms with Gasteiger partial charge in [-0.3, -0.25) is 4.79 Å². The molecular weight excluding hydrogens is 258 g/mol. The molecule has 0 amide bonds. The molecule has 2 unspecified atom stereocenters. The number of carbonyl (C=O) groups is 1. The zero-order chi connectivity index (χ0) is 13.9. The number of hydrogen-bond donors (Lipinski definition) is 1. The van der Waals surface area contributed by atoms with Gasteiger partial charge in [0.15, 0.2) is 17.3 Å². The molecule has 0 bridgehead atoms. The van der Waals surface area contributed by atoms with Crippen LogP contribution in [0.3, 0.4) is 0 Å². The summed E-state index contributed by atoms with van der Waals surface area (Å²) in [6.07, 6.45) is 1.69. The molecule has 2 heterocycles. The van der Waals surface area contributed by atoms with Crippen LogP contribution in [0.1, 0.15) is 23.2 Å². The molecule has 0 aliphatic carbocycles. The van der Waals surface area contributed by atoms with Crippen LogP contribution in [0.2, 0.25) is 0 Å². The van der Waals surface area contributed by atoms with Crippen molar-refractivity contribution in [3.63, 3.8) is 0 Å². The molecule has 1 aromatic rings. The van der Waals surface area contributed by atoms with Gasteiger partial charge in [0.1, 0.15) is 0 Å². The highest BCUT2D eigenvalue weighted by molar-refractivity contribution is 6.00. The Hall–Kier alpha value is -1.59. The van der Waals surface area contributed by atoms with Gasteiger partial charge in [-0.1, -0.05) is 0 Å². The standard InChI is InChI=1S/C15H19NO4/c1-18-11-8-12(16-9-11)15(17)10-3-4-13-14(7-10)20-6-2-5-19-13/h3-4,7,11-12,16H,2,5-6,8-9H2,1H3. The minimum atomic E-state index is -0.176. The second-order valence-corrected chi connectivity index (χ2v) is 5.13. The van der Waals surface area contributed by atoms with Crippen LogP contribution in [-0.2, 0) is 4.74 Å². The van der Waals surface area contributed by atoms with Crippen molar-refractivity contribution >= 4 is 5.78 Å². The second-order valence-electron chi connectivity index (χ2n) is 5.13. The normalized spacial score (nSPS) is 25.2. The number of carbonyl (C=O) groups excluding carboxylic acids is 1. The summed E-state index contributed by atoms with van der Waals surface area (Å²) in [5.74, 6) is 1.46. The molecular formula is C15H19NO4. The third kappa shape index (κ3) is 2.64. The number of methoxy groups -OCH3 is 1. The summed E-state index contributed by atoms with van der Waals surface area (Å²) in [6, 6.07) is 5.23. The van der Waals surface area contributed by atoms with Crippen molar-refractivity contribution in [2.75, 3.05) is 26.9 Å². The number of Topliss-reactive ketones (excluding diaryl/α,β-unsaturated/α-hetero) is 1. The SMILES string of the molecule is COC1CNC(C(=O)c2ccc3c(c2)OCCCO3)C1. The van der Waals surface area contributed by atoms with Crippen LogP contribution in [0.4, 0.5) is 0 Å². The number of rotatable bonds is 3. The lowest BCUT2D eigenvalue weighted by Crippen LogP contribution is -2.30. The van der Waals surface area contributed by atoms with Crippen molar-refractivity contribution < 1.29 is 19.0 Å². The Bertz CT molecular complexity index is 503. The average Bonchev–Trinajstić information content (AvgIpc) is 2.84. The van der Waals surface area contributed by atoms with Crippen LogP contribution < -0.4 is 14.8 Å². The maximum Gasteiger partial charge on any atom is 0.179 e. The minimum Gasteiger partial charge on any atom is -0.490 e. The quantitative estimate of drug-likeness (QED) is 0.847. The fraction of sp³-hybridized carbons (Fsp3) is 0.533. The molecule has 3 rings (SSSR count). The highest BCUT2D eigenvalue weighted by Crippen LogP contribution is 2.31. The van der Waals surface area contributed by atoms with Crippen molar-refractivity contribution in [1.29, 1.82) is 0 Å². The van der Waals surface area contributed by atoms with Gasteiger partial charge in [0.05, 0.1) is 25.4 Å². The lowest BCUT2D eigenvalue weighted by Gasteiger charge is -2.12. The van der Waals surface area contributed by atoms with Crippen molar-refractivity contribution in [2.45, 2.75) is 25.0 Å². The fourth-order valence-electron chi connectivity index (χ4n) is 2.60. The van der Waals surface area contributed by atoms with Crippen LogP contribution in [0.25, 0.3) is 0 Å². The Morgan fingerprint density at radius 1 is 1.30 bits per heavy atom. The average molecular weight is 277 g/mol. The summed E-state index contributed by atoms with van der Waals surface area (Å²) in [5, 5.41) is 3.20. The van der Waals surface area contributed by atoms with Gasteiger partial charge >= 0.3 is 0 Å². The van der Waals surface area contributed by atoms with Crippen LogP contribution in [0, 0.1) is 0 Å². The summed E-state index contributed by atoms with van der Waals surface area (Å²) in [5.41, 5.74) is 0.656. The van der Waals surface area contributed by atoms with E-state index < -0.39 is 0 Å². The molecule has 2 aliphatic heterocycles. The molecule has 20 heavy (non-hydrogen) atoms. The summed E-state index contributed by atoms with van der Waals surface area (Å²) >= 11 is 0. The van der Waals surface area contributed by atoms with Crippen LogP contribution >= 0.6 is 0 Å². The highest BCUT2D eigenvalue weighted by atomic mass is 16.5. The maximum atomic E-state index is 12.5. The first-order chi connectivity index (χ1) is 9.78. The van der Waals surface area contributed by atoms with E-state index >= 15 is 0 Å². The molecule has 0 aromatic heterocycles. The van der Waals surface area contributed by atoms with Gasteiger partial charge in [0.2, 0.25) is 0 Å². The van der Waals surface area contributed by atoms with E-state index in [1.165, 1.54) is 0 Å². The summed E-state index contributed by atoms with van der Waals surface area (Å²) in [7, 11) is 1.67. The van der Waals surface area contributed by atoms with Crippen LogP contribution in [0.5, 0.6) is 11.5 Å². The Morgan fingerprint density at radius 2 is 2.10 bits per heavy atom. The van der Waals surface area contributed by atoms with Crippen molar-refractivity contribution in [1.82, 2.24) is 5.32 Å². The van der Waals surface area contributed by atoms with Crippen molar-refractivity contribution in [2.24, 2.45) is 0 Å². The Balaban J connectivity index is 1.77. The van der Waals surface area contributed by atoms with Crippen LogP contribution in [0.15, 0.2) is 18.2 Å². The first-order valence-corrected chi connectivity index (χ1v) is 6.98. The third-order valence-electron chi connectivity index (χ3n) is 3.77. The molecule has 0 saturated carbocycles. The topological polar surface area (TPSA) is 56.8 Å². The van der Waals surface area contributed by atoms with Gasteiger partial charge in [-0.05, 0) is 24.6 Å². The van der Waals surface area contributed by atoms with E-state index in [0.717, 1.165) is 13.0 Å². The fourth-order valence-corrected chi connectivity index (χ4v) is 2.60. The Kier molecular flexibility index (Phi) is 3.89. The van der Waals surface area contributed by atoms with E-state index in [1.54, 1.807) is 19.2 Å². The van der Waals surface area contributed by atoms with E-state index in [4.69, 9.17) is 14.2 Å². The molecule has 5 nitrogen and oxygen atoms in total. The summed E-state index contributed by atoms with van der Waals surface area (Å²) in [4.78, 5) is 12.5. The molecule has 1 N–H and O–H groups in total. The molecule has 108 valence electrons. The van der Waals surface area contributed by atoms with E-state index in [2.05, 4.69) is 5.32 Å². The molecule has 1 aromatic carbocycles. The Labute approximate surface area is 118 Å². The van der Waals surface area contributed by atoms with Gasteiger partial charge in [0.25, 0.3) is 0 Å². The van der Waals surface area contributed by atoms with E-state index in [1.807, 2.05) is 6.07 Å². The zero-order valence-electron chi connectivity index (χ0n) is 11.6. The second kappa shape index (κ2) is 5.81. The smallest absolute Gasteiger partial charge is 0.179 e. The molecule has 0 radical (unpaired) electrons. The largest absolute Gasteiger partial charge is 0.490 e. The molecule has 0 spiro atoms. The molecule has 1 saturated heterocycles. The lowest BCUT2D eigenvalue weighted by atomic mass is 10.0. The molecule has 5 heteroatoms. The molecule has 2 aliphatic rings. The predicted octanol–water partition coefficient (Wildman–Crippen LogP) is 1.41. The predicted molar refractivity (Wildman–Crippen MR) is 73.6 cm³/mol. The van der Waals surface area contributed by atoms with E-state index in [-0.39, 0.29) is 17.9 Å². The maximum absolute atomic E-state index is 12.5. The summed E-state index contributed by atoms with van der Waals surface area (Å²) < 4.78 is 16.5. The number of benzene rings is 1. The van der Waals surface area contributed by atoms with Gasteiger partial charge < -0.3 is 19.5 Å². The number of nitrogens with one attached hydrogen (secondary N) is 1. The molecule has 1 fully saturated rings. The highest BCUT2D eigenvalue weighted by Gasteiger charge is 2.30. The molecule has 2 atom stereocenters. The van der Waals surface area contributed by atoms with E-state index in [0.29, 0.717) is 36.7 Å². The van der Waals surface area contributed by atoms with Crippen LogP contribution in [-0.4, -0.2) is 44.8 Å². The zero-order valence-corrected chi connectivity index (χ0v) is 11.6. The number of hydrogen-bond acceptors (Lipinski definition) is 5. The number of ether oxygens (including phenoxy) is 3. The van der Waals surface area contributed by atoms with Gasteiger partial charge in [-0.25, -0.2) is 0 Å². The van der Waals surface area contributed by atoms with Crippen molar-refractivity contribution in [3.05, 3.63) is 23.8 Å². The van der Waals surface area contributed by atoms with Gasteiger partial charge in [0, 0.05) is 25.6 Å². The van der Waals surface area contributed by atoms with E-state index in [9.17, 15) is 4.79 Å². The lowest BCUT2D eigenvalue weighted by molar-refractivity contribution is 0.0918. The third-order valence-corrected chi connectivity index (χ3v) is 3.77.